The molecule has 0 saturated carbocycles. The van der Waals surface area contributed by atoms with E-state index in [0.29, 0.717) is 16.5 Å². The molecule has 0 aliphatic carbocycles. The first-order valence-electron chi connectivity index (χ1n) is 6.78. The number of primary amides is 1. The molecule has 0 fully saturated rings. The molecule has 3 aromatic rings. The molecule has 0 aliphatic rings. The fraction of sp³-hybridized carbons (Fsp3) is 0.0667. The summed E-state index contributed by atoms with van der Waals surface area (Å²) in [6.07, 6.45) is 5.92. The molecule has 0 unspecified atom stereocenters. The van der Waals surface area contributed by atoms with E-state index in [0.717, 1.165) is 0 Å². The number of hydrogen-bond acceptors (Lipinski definition) is 8. The maximum Gasteiger partial charge on any atom is 0.268 e. The molecule has 3 aromatic heterocycles. The van der Waals surface area contributed by atoms with Gasteiger partial charge in [-0.1, -0.05) is 0 Å². The van der Waals surface area contributed by atoms with Crippen LogP contribution in [0.3, 0.4) is 0 Å². The van der Waals surface area contributed by atoms with Crippen LogP contribution in [-0.4, -0.2) is 31.6 Å². The Bertz CT molecular complexity index is 882. The van der Waals surface area contributed by atoms with Crippen LogP contribution in [0, 0.1) is 0 Å². The standard InChI is InChI=1S/C15H11N5O3S/c16-15(22)12-7-24-14(20-12)4-13(21)11-3-9(1-2-19-11)23-10-5-17-8-18-6-10/h1-3,5-8H,4H2,(H2,16,22). The number of thiazole rings is 1. The van der Waals surface area contributed by atoms with E-state index in [1.54, 1.807) is 6.07 Å². The Balaban J connectivity index is 1.73. The van der Waals surface area contributed by atoms with Crippen LogP contribution in [0.2, 0.25) is 0 Å². The molecule has 3 heterocycles. The smallest absolute Gasteiger partial charge is 0.268 e. The minimum Gasteiger partial charge on any atom is -0.454 e. The van der Waals surface area contributed by atoms with Gasteiger partial charge < -0.3 is 10.5 Å². The van der Waals surface area contributed by atoms with Crippen molar-refractivity contribution >= 4 is 23.0 Å². The van der Waals surface area contributed by atoms with E-state index in [9.17, 15) is 9.59 Å². The molecule has 9 heteroatoms. The molecule has 1 amide bonds. The molecule has 0 atom stereocenters. The molecule has 0 saturated heterocycles. The lowest BCUT2D eigenvalue weighted by Crippen LogP contribution is -2.12. The first-order valence-corrected chi connectivity index (χ1v) is 7.66. The molecule has 120 valence electrons. The summed E-state index contributed by atoms with van der Waals surface area (Å²) in [5.74, 6) is 0.0342. The molecule has 3 rings (SSSR count). The highest BCUT2D eigenvalue weighted by atomic mass is 32.1. The number of Topliss-reactive ketones (excluding diaryl/α,β-unsaturated/α-hetero) is 1. The molecule has 0 aliphatic heterocycles. The number of rotatable bonds is 6. The Morgan fingerprint density at radius 2 is 1.96 bits per heavy atom. The summed E-state index contributed by atoms with van der Waals surface area (Å²) in [7, 11) is 0. The van der Waals surface area contributed by atoms with Crippen LogP contribution in [0.15, 0.2) is 42.4 Å². The number of ether oxygens (including phenoxy) is 1. The van der Waals surface area contributed by atoms with E-state index in [1.165, 1.54) is 47.7 Å². The SMILES string of the molecule is NC(=O)c1csc(CC(=O)c2cc(Oc3cncnc3)ccn2)n1. The van der Waals surface area contributed by atoms with Gasteiger partial charge in [-0.2, -0.15) is 0 Å². The monoisotopic (exact) mass is 341 g/mol. The quantitative estimate of drug-likeness (QED) is 0.676. The fourth-order valence-corrected chi connectivity index (χ4v) is 2.62. The van der Waals surface area contributed by atoms with Gasteiger partial charge in [0.1, 0.15) is 28.5 Å². The average Bonchev–Trinajstić information content (AvgIpc) is 3.05. The lowest BCUT2D eigenvalue weighted by Gasteiger charge is -2.05. The van der Waals surface area contributed by atoms with Crippen molar-refractivity contribution in [2.24, 2.45) is 5.73 Å². The molecule has 8 nitrogen and oxygen atoms in total. The molecule has 2 N–H and O–H groups in total. The van der Waals surface area contributed by atoms with Gasteiger partial charge in [0.05, 0.1) is 18.8 Å². The number of carbonyl (C=O) groups excluding carboxylic acids is 2. The maximum absolute atomic E-state index is 12.3. The molecular weight excluding hydrogens is 330 g/mol. The Labute approximate surface area is 140 Å². The van der Waals surface area contributed by atoms with E-state index in [1.807, 2.05) is 0 Å². The molecule has 0 radical (unpaired) electrons. The molecule has 0 spiro atoms. The summed E-state index contributed by atoms with van der Waals surface area (Å²) in [6.45, 7) is 0. The summed E-state index contributed by atoms with van der Waals surface area (Å²) in [5, 5.41) is 2.02. The van der Waals surface area contributed by atoms with Gasteiger partial charge in [0.15, 0.2) is 11.5 Å². The van der Waals surface area contributed by atoms with Gasteiger partial charge in [0.2, 0.25) is 0 Å². The number of nitrogens with zero attached hydrogens (tertiary/aromatic N) is 4. The summed E-state index contributed by atoms with van der Waals surface area (Å²) in [5.41, 5.74) is 5.53. The van der Waals surface area contributed by atoms with Crippen LogP contribution in [0.25, 0.3) is 0 Å². The highest BCUT2D eigenvalue weighted by Gasteiger charge is 2.14. The van der Waals surface area contributed by atoms with Crippen LogP contribution in [-0.2, 0) is 6.42 Å². The topological polar surface area (TPSA) is 121 Å². The van der Waals surface area contributed by atoms with Gasteiger partial charge in [0.25, 0.3) is 5.91 Å². The largest absolute Gasteiger partial charge is 0.454 e. The van der Waals surface area contributed by atoms with Crippen LogP contribution >= 0.6 is 11.3 Å². The van der Waals surface area contributed by atoms with E-state index >= 15 is 0 Å². The molecular formula is C15H11N5O3S. The van der Waals surface area contributed by atoms with Gasteiger partial charge in [-0.3, -0.25) is 14.6 Å². The second-order valence-corrected chi connectivity index (χ2v) is 5.59. The third kappa shape index (κ3) is 3.76. The van der Waals surface area contributed by atoms with Crippen molar-refractivity contribution in [1.29, 1.82) is 0 Å². The van der Waals surface area contributed by atoms with Crippen molar-refractivity contribution in [2.45, 2.75) is 6.42 Å². The minimum atomic E-state index is -0.622. The molecule has 24 heavy (non-hydrogen) atoms. The van der Waals surface area contributed by atoms with E-state index in [4.69, 9.17) is 10.5 Å². The van der Waals surface area contributed by atoms with Crippen molar-refractivity contribution in [3.8, 4) is 11.5 Å². The summed E-state index contributed by atoms with van der Waals surface area (Å²) in [6, 6.07) is 3.15. The fourth-order valence-electron chi connectivity index (χ4n) is 1.83. The third-order valence-corrected chi connectivity index (χ3v) is 3.75. The second kappa shape index (κ2) is 6.92. The predicted molar refractivity (Wildman–Crippen MR) is 85.0 cm³/mol. The first kappa shape index (κ1) is 15.7. The minimum absolute atomic E-state index is 0.0306. The Hall–Kier alpha value is -3.20. The second-order valence-electron chi connectivity index (χ2n) is 4.64. The highest BCUT2D eigenvalue weighted by molar-refractivity contribution is 7.10. The van der Waals surface area contributed by atoms with Crippen molar-refractivity contribution in [3.63, 3.8) is 0 Å². The zero-order chi connectivity index (χ0) is 16.9. The molecule has 0 bridgehead atoms. The number of amides is 1. The van der Waals surface area contributed by atoms with Crippen molar-refractivity contribution in [1.82, 2.24) is 19.9 Å². The molecule has 0 aromatic carbocycles. The number of ketones is 1. The van der Waals surface area contributed by atoms with Gasteiger partial charge in [-0.15, -0.1) is 11.3 Å². The van der Waals surface area contributed by atoms with Gasteiger partial charge >= 0.3 is 0 Å². The zero-order valence-corrected chi connectivity index (χ0v) is 13.1. The Kier molecular flexibility index (Phi) is 4.52. The zero-order valence-electron chi connectivity index (χ0n) is 12.2. The number of hydrogen-bond donors (Lipinski definition) is 1. The van der Waals surface area contributed by atoms with E-state index in [-0.39, 0.29) is 23.6 Å². The van der Waals surface area contributed by atoms with Crippen LogP contribution in [0.1, 0.15) is 26.0 Å². The maximum atomic E-state index is 12.3. The number of pyridine rings is 1. The summed E-state index contributed by atoms with van der Waals surface area (Å²) in [4.78, 5) is 39.1. The van der Waals surface area contributed by atoms with Gasteiger partial charge in [0, 0.05) is 17.6 Å². The Morgan fingerprint density at radius 3 is 2.67 bits per heavy atom. The normalized spacial score (nSPS) is 10.3. The first-order chi connectivity index (χ1) is 11.6. The van der Waals surface area contributed by atoms with Crippen molar-refractivity contribution in [2.75, 3.05) is 0 Å². The van der Waals surface area contributed by atoms with Crippen molar-refractivity contribution in [3.05, 3.63) is 58.8 Å². The summed E-state index contributed by atoms with van der Waals surface area (Å²) < 4.78 is 5.56. The van der Waals surface area contributed by atoms with E-state index in [2.05, 4.69) is 19.9 Å². The van der Waals surface area contributed by atoms with Crippen LogP contribution in [0.5, 0.6) is 11.5 Å². The van der Waals surface area contributed by atoms with Crippen LogP contribution in [0.4, 0.5) is 0 Å². The van der Waals surface area contributed by atoms with Gasteiger partial charge in [-0.05, 0) is 6.07 Å². The highest BCUT2D eigenvalue weighted by Crippen LogP contribution is 2.20. The van der Waals surface area contributed by atoms with Crippen molar-refractivity contribution < 1.29 is 14.3 Å². The number of nitrogens with two attached hydrogens (primary N) is 1. The van der Waals surface area contributed by atoms with E-state index < -0.39 is 5.91 Å². The lowest BCUT2D eigenvalue weighted by atomic mass is 10.2. The van der Waals surface area contributed by atoms with Crippen LogP contribution < -0.4 is 10.5 Å². The van der Waals surface area contributed by atoms with Gasteiger partial charge in [-0.25, -0.2) is 15.0 Å². The Morgan fingerprint density at radius 1 is 1.17 bits per heavy atom. The number of carbonyl (C=O) groups is 2. The lowest BCUT2D eigenvalue weighted by molar-refractivity contribution is 0.0978. The number of aromatic nitrogens is 4. The summed E-state index contributed by atoms with van der Waals surface area (Å²) >= 11 is 1.20. The average molecular weight is 341 g/mol. The third-order valence-electron chi connectivity index (χ3n) is 2.91. The predicted octanol–water partition coefficient (Wildman–Crippen LogP) is 1.64.